The molecule has 3 atom stereocenters. The first-order valence-corrected chi connectivity index (χ1v) is 14.2. The summed E-state index contributed by atoms with van der Waals surface area (Å²) in [6, 6.07) is 5.31. The number of piperidine rings is 1. The van der Waals surface area contributed by atoms with E-state index in [1.54, 1.807) is 17.2 Å². The molecule has 2 aromatic heterocycles. The average Bonchev–Trinajstić information content (AvgIpc) is 3.37. The lowest BCUT2D eigenvalue weighted by Gasteiger charge is -2.43. The summed E-state index contributed by atoms with van der Waals surface area (Å²) in [6.45, 7) is 1.98. The average molecular weight is 527 g/mol. The third kappa shape index (κ3) is 4.24. The van der Waals surface area contributed by atoms with Crippen molar-refractivity contribution < 1.29 is 27.1 Å². The fraction of sp³-hybridized carbons (Fsp3) is 0.423. The van der Waals surface area contributed by atoms with E-state index in [2.05, 4.69) is 9.97 Å². The lowest BCUT2D eigenvalue weighted by atomic mass is 9.82. The Morgan fingerprint density at radius 3 is 2.49 bits per heavy atom. The number of hydrogen-bond acceptors (Lipinski definition) is 7. The molecule has 1 amide bonds. The number of carbonyl (C=O) groups excluding carboxylic acids is 1. The topological polar surface area (TPSA) is 104 Å². The van der Waals surface area contributed by atoms with E-state index in [-0.39, 0.29) is 40.5 Å². The predicted molar refractivity (Wildman–Crippen MR) is 133 cm³/mol. The summed E-state index contributed by atoms with van der Waals surface area (Å²) in [5.74, 6) is -0.307. The van der Waals surface area contributed by atoms with Crippen LogP contribution in [0, 0.1) is 5.82 Å². The number of sulfone groups is 1. The Labute approximate surface area is 213 Å². The molecule has 3 aromatic rings. The number of halogens is 1. The molecular weight excluding hydrogens is 499 g/mol. The van der Waals surface area contributed by atoms with E-state index in [0.717, 1.165) is 31.6 Å². The van der Waals surface area contributed by atoms with Crippen molar-refractivity contribution in [2.75, 3.05) is 6.26 Å². The SMILES string of the molecule is CC1(OC(=O)N2[C@@H]3C=C[C@H]2CC(Oc2ncnc4c2ccn4-c2ccc(S(C)(=O)=O)cc2F)C3)CCC1. The molecule has 2 aliphatic heterocycles. The summed E-state index contributed by atoms with van der Waals surface area (Å²) in [5, 5.41) is 0.606. The van der Waals surface area contributed by atoms with Gasteiger partial charge in [-0.1, -0.05) is 12.2 Å². The van der Waals surface area contributed by atoms with Crippen LogP contribution in [0.15, 0.2) is 53.8 Å². The molecule has 9 nitrogen and oxygen atoms in total. The molecule has 6 rings (SSSR count). The standard InChI is InChI=1S/C26H27FN4O5S/c1-26(9-3-10-26)36-25(32)31-16-4-5-17(31)13-18(12-16)35-24-20-8-11-30(23(20)28-15-29-24)22-7-6-19(14-21(22)27)37(2,33)34/h4-8,11,14-18H,3,9-10,12-13H2,1-2H3/t16-,17+,18?. The molecule has 4 heterocycles. The van der Waals surface area contributed by atoms with Gasteiger partial charge in [-0.15, -0.1) is 0 Å². The Morgan fingerprint density at radius 2 is 1.86 bits per heavy atom. The normalized spacial score (nSPS) is 24.2. The quantitative estimate of drug-likeness (QED) is 0.459. The molecule has 3 aliphatic rings. The molecule has 37 heavy (non-hydrogen) atoms. The number of carbonyl (C=O) groups is 1. The first kappa shape index (κ1) is 23.9. The molecule has 1 aromatic carbocycles. The summed E-state index contributed by atoms with van der Waals surface area (Å²) in [6.07, 6.45) is 11.7. The number of aromatic nitrogens is 3. The molecule has 1 aliphatic carbocycles. The fourth-order valence-corrected chi connectivity index (χ4v) is 6.04. The predicted octanol–water partition coefficient (Wildman–Crippen LogP) is 4.19. The second-order valence-electron chi connectivity index (χ2n) is 10.3. The molecule has 0 spiro atoms. The second-order valence-corrected chi connectivity index (χ2v) is 12.3. The van der Waals surface area contributed by atoms with Crippen LogP contribution in [0.3, 0.4) is 0 Å². The molecule has 0 N–H and O–H groups in total. The number of amides is 1. The van der Waals surface area contributed by atoms with Crippen LogP contribution in [0.25, 0.3) is 16.7 Å². The minimum Gasteiger partial charge on any atom is -0.474 e. The third-order valence-electron chi connectivity index (χ3n) is 7.56. The Bertz CT molecular complexity index is 1510. The van der Waals surface area contributed by atoms with Gasteiger partial charge in [0.05, 0.1) is 28.1 Å². The highest BCUT2D eigenvalue weighted by Crippen LogP contribution is 2.39. The van der Waals surface area contributed by atoms with E-state index >= 15 is 0 Å². The van der Waals surface area contributed by atoms with E-state index in [1.807, 2.05) is 19.1 Å². The molecule has 1 saturated heterocycles. The zero-order valence-corrected chi connectivity index (χ0v) is 21.3. The molecule has 11 heteroatoms. The first-order chi connectivity index (χ1) is 17.6. The van der Waals surface area contributed by atoms with E-state index in [9.17, 15) is 17.6 Å². The second kappa shape index (κ2) is 8.54. The van der Waals surface area contributed by atoms with Gasteiger partial charge in [0.1, 0.15) is 23.8 Å². The van der Waals surface area contributed by atoms with Crippen molar-refractivity contribution in [3.05, 3.63) is 54.8 Å². The summed E-state index contributed by atoms with van der Waals surface area (Å²) >= 11 is 0. The maximum Gasteiger partial charge on any atom is 0.411 e. The number of rotatable bonds is 5. The summed E-state index contributed by atoms with van der Waals surface area (Å²) in [7, 11) is -3.53. The van der Waals surface area contributed by atoms with Gasteiger partial charge in [-0.2, -0.15) is 0 Å². The summed E-state index contributed by atoms with van der Waals surface area (Å²) < 4.78 is 52.0. The minimum atomic E-state index is -3.53. The van der Waals surface area contributed by atoms with Crippen LogP contribution in [0.4, 0.5) is 9.18 Å². The van der Waals surface area contributed by atoms with Crippen molar-refractivity contribution in [2.24, 2.45) is 0 Å². The van der Waals surface area contributed by atoms with Crippen LogP contribution in [0.2, 0.25) is 0 Å². The number of nitrogens with zero attached hydrogens (tertiary/aromatic N) is 4. The maximum absolute atomic E-state index is 14.9. The van der Waals surface area contributed by atoms with E-state index < -0.39 is 15.7 Å². The van der Waals surface area contributed by atoms with Gasteiger partial charge in [-0.3, -0.25) is 9.47 Å². The van der Waals surface area contributed by atoms with E-state index in [4.69, 9.17) is 9.47 Å². The Balaban J connectivity index is 1.21. The summed E-state index contributed by atoms with van der Waals surface area (Å²) in [4.78, 5) is 23.2. The highest BCUT2D eigenvalue weighted by molar-refractivity contribution is 7.90. The van der Waals surface area contributed by atoms with Crippen LogP contribution in [0.1, 0.15) is 39.0 Å². The van der Waals surface area contributed by atoms with Crippen LogP contribution in [0.5, 0.6) is 5.88 Å². The van der Waals surface area contributed by atoms with Gasteiger partial charge in [-0.05, 0) is 50.5 Å². The fourth-order valence-electron chi connectivity index (χ4n) is 5.40. The van der Waals surface area contributed by atoms with Gasteiger partial charge >= 0.3 is 6.09 Å². The van der Waals surface area contributed by atoms with Gasteiger partial charge in [0.25, 0.3) is 0 Å². The molecular formula is C26H27FN4O5S. The third-order valence-corrected chi connectivity index (χ3v) is 8.67. The van der Waals surface area contributed by atoms with Crippen molar-refractivity contribution in [3.63, 3.8) is 0 Å². The maximum atomic E-state index is 14.9. The monoisotopic (exact) mass is 526 g/mol. The van der Waals surface area contributed by atoms with Crippen LogP contribution < -0.4 is 4.74 Å². The Hall–Kier alpha value is -3.47. The lowest BCUT2D eigenvalue weighted by Crippen LogP contribution is -2.53. The smallest absolute Gasteiger partial charge is 0.411 e. The zero-order chi connectivity index (χ0) is 25.9. The minimum absolute atomic E-state index is 0.0934. The summed E-state index contributed by atoms with van der Waals surface area (Å²) in [5.41, 5.74) is 0.252. The zero-order valence-electron chi connectivity index (χ0n) is 20.5. The molecule has 2 fully saturated rings. The van der Waals surface area contributed by atoms with Crippen molar-refractivity contribution in [1.29, 1.82) is 0 Å². The van der Waals surface area contributed by atoms with Gasteiger partial charge < -0.3 is 9.47 Å². The van der Waals surface area contributed by atoms with Crippen molar-refractivity contribution in [2.45, 2.75) is 67.7 Å². The van der Waals surface area contributed by atoms with Gasteiger partial charge in [0, 0.05) is 25.3 Å². The van der Waals surface area contributed by atoms with Crippen molar-refractivity contribution in [3.8, 4) is 11.6 Å². The number of hydrogen-bond donors (Lipinski definition) is 0. The highest BCUT2D eigenvalue weighted by Gasteiger charge is 2.45. The molecule has 194 valence electrons. The van der Waals surface area contributed by atoms with Gasteiger partial charge in [-0.25, -0.2) is 27.6 Å². The van der Waals surface area contributed by atoms with Gasteiger partial charge in [0.2, 0.25) is 5.88 Å². The number of fused-ring (bicyclic) bond motifs is 3. The molecule has 2 bridgehead atoms. The molecule has 1 saturated carbocycles. The van der Waals surface area contributed by atoms with Crippen LogP contribution >= 0.6 is 0 Å². The number of ether oxygens (including phenoxy) is 2. The largest absolute Gasteiger partial charge is 0.474 e. The van der Waals surface area contributed by atoms with Gasteiger partial charge in [0.15, 0.2) is 15.5 Å². The van der Waals surface area contributed by atoms with E-state index in [0.29, 0.717) is 29.8 Å². The van der Waals surface area contributed by atoms with Crippen molar-refractivity contribution in [1.82, 2.24) is 19.4 Å². The highest BCUT2D eigenvalue weighted by atomic mass is 32.2. The van der Waals surface area contributed by atoms with Crippen LogP contribution in [-0.2, 0) is 14.6 Å². The van der Waals surface area contributed by atoms with Crippen molar-refractivity contribution >= 4 is 27.0 Å². The molecule has 0 radical (unpaired) electrons. The lowest BCUT2D eigenvalue weighted by molar-refractivity contribution is -0.0591. The van der Waals surface area contributed by atoms with E-state index in [1.165, 1.54) is 23.0 Å². The Kier molecular flexibility index (Phi) is 5.52. The molecule has 1 unspecified atom stereocenters. The number of benzene rings is 1. The van der Waals surface area contributed by atoms with Crippen LogP contribution in [-0.4, -0.2) is 64.0 Å². The Morgan fingerprint density at radius 1 is 1.14 bits per heavy atom. The first-order valence-electron chi connectivity index (χ1n) is 12.3.